The molecule has 1 N–H and O–H groups in total. The van der Waals surface area contributed by atoms with Crippen molar-refractivity contribution in [1.29, 1.82) is 0 Å². The van der Waals surface area contributed by atoms with Crippen molar-refractivity contribution in [2.75, 3.05) is 13.2 Å². The molecule has 0 radical (unpaired) electrons. The number of benzene rings is 2. The number of hydrogen-bond acceptors (Lipinski definition) is 8. The Morgan fingerprint density at radius 3 is 2.43 bits per heavy atom. The summed E-state index contributed by atoms with van der Waals surface area (Å²) in [7, 11) is 0. The number of rotatable bonds is 3. The number of aromatic hydroxyl groups is 1. The Morgan fingerprint density at radius 1 is 1.10 bits per heavy atom. The number of phenols is 1. The highest BCUT2D eigenvalue weighted by Crippen LogP contribution is 2.46. The maximum Gasteiger partial charge on any atom is 0.335 e. The molecule has 2 aliphatic rings. The number of Topliss-reactive ketones (excluding diaryl/α,β-unsaturated/α-hetero) is 2. The lowest BCUT2D eigenvalue weighted by Gasteiger charge is -2.30. The van der Waals surface area contributed by atoms with Gasteiger partial charge in [0.15, 0.2) is 23.4 Å². The lowest BCUT2D eigenvalue weighted by molar-refractivity contribution is -0.156. The largest absolute Gasteiger partial charge is 0.506 e. The van der Waals surface area contributed by atoms with Crippen molar-refractivity contribution in [1.82, 2.24) is 0 Å². The summed E-state index contributed by atoms with van der Waals surface area (Å²) < 4.78 is 15.7. The summed E-state index contributed by atoms with van der Waals surface area (Å²) in [6, 6.07) is 6.46. The third-order valence-electron chi connectivity index (χ3n) is 5.12. The highest BCUT2D eigenvalue weighted by molar-refractivity contribution is 6.31. The van der Waals surface area contributed by atoms with Gasteiger partial charge in [0.05, 0.1) is 24.3 Å². The van der Waals surface area contributed by atoms with Gasteiger partial charge in [0.25, 0.3) is 0 Å². The predicted octanol–water partition coefficient (Wildman–Crippen LogP) is 2.50. The summed E-state index contributed by atoms with van der Waals surface area (Å²) >= 11 is 0. The predicted molar refractivity (Wildman–Crippen MR) is 104 cm³/mol. The molecule has 30 heavy (non-hydrogen) atoms. The molecular formula is C22H18O8. The van der Waals surface area contributed by atoms with Gasteiger partial charge in [-0.05, 0) is 6.92 Å². The van der Waals surface area contributed by atoms with E-state index >= 15 is 0 Å². The molecular weight excluding hydrogens is 392 g/mol. The summed E-state index contributed by atoms with van der Waals surface area (Å²) in [5, 5.41) is 11.4. The van der Waals surface area contributed by atoms with Crippen LogP contribution in [0, 0.1) is 0 Å². The number of carbonyl (C=O) groups excluding carboxylic acids is 4. The first kappa shape index (κ1) is 19.8. The Balaban J connectivity index is 1.92. The van der Waals surface area contributed by atoms with Crippen LogP contribution in [0.5, 0.6) is 11.5 Å². The van der Waals surface area contributed by atoms with E-state index in [4.69, 9.17) is 14.2 Å². The summed E-state index contributed by atoms with van der Waals surface area (Å²) in [5.74, 6) is -2.95. The lowest BCUT2D eigenvalue weighted by atomic mass is 9.79. The second kappa shape index (κ2) is 7.38. The summed E-state index contributed by atoms with van der Waals surface area (Å²) in [6.45, 7) is 2.71. The molecule has 1 aliphatic carbocycles. The highest BCUT2D eigenvalue weighted by Gasteiger charge is 2.42. The summed E-state index contributed by atoms with van der Waals surface area (Å²) in [6.07, 6.45) is -1.17. The number of ether oxygens (including phenoxy) is 3. The first-order valence-electron chi connectivity index (χ1n) is 9.40. The quantitative estimate of drug-likeness (QED) is 0.606. The fraction of sp³-hybridized carbons (Fsp3) is 0.273. The molecule has 4 rings (SSSR count). The Labute approximate surface area is 171 Å². The molecule has 0 fully saturated rings. The van der Waals surface area contributed by atoms with Crippen molar-refractivity contribution < 1.29 is 38.5 Å². The molecule has 1 unspecified atom stereocenters. The molecule has 8 nitrogen and oxygen atoms in total. The number of ketones is 2. The van der Waals surface area contributed by atoms with Crippen molar-refractivity contribution in [2.24, 2.45) is 0 Å². The first-order valence-corrected chi connectivity index (χ1v) is 9.40. The van der Waals surface area contributed by atoms with E-state index in [1.54, 1.807) is 31.2 Å². The molecule has 8 heteroatoms. The highest BCUT2D eigenvalue weighted by atomic mass is 16.6. The number of esters is 2. The molecule has 1 atom stereocenters. The van der Waals surface area contributed by atoms with Crippen LogP contribution in [0.4, 0.5) is 0 Å². The van der Waals surface area contributed by atoms with E-state index in [1.807, 2.05) is 0 Å². The van der Waals surface area contributed by atoms with Crippen LogP contribution in [0.3, 0.4) is 0 Å². The van der Waals surface area contributed by atoms with E-state index in [9.17, 15) is 24.3 Å². The maximum absolute atomic E-state index is 13.4. The van der Waals surface area contributed by atoms with Crippen molar-refractivity contribution in [3.63, 3.8) is 0 Å². The Kier molecular flexibility index (Phi) is 4.87. The minimum atomic E-state index is -1.02. The smallest absolute Gasteiger partial charge is 0.335 e. The third kappa shape index (κ3) is 2.96. The average molecular weight is 410 g/mol. The van der Waals surface area contributed by atoms with Gasteiger partial charge in [-0.15, -0.1) is 0 Å². The van der Waals surface area contributed by atoms with E-state index in [0.717, 1.165) is 0 Å². The average Bonchev–Trinajstić information content (AvgIpc) is 2.73. The van der Waals surface area contributed by atoms with Gasteiger partial charge in [0.1, 0.15) is 5.75 Å². The monoisotopic (exact) mass is 410 g/mol. The molecule has 0 saturated heterocycles. The van der Waals surface area contributed by atoms with Crippen molar-refractivity contribution in [3.05, 3.63) is 46.5 Å². The van der Waals surface area contributed by atoms with Gasteiger partial charge in [-0.25, -0.2) is 4.79 Å². The Bertz CT molecular complexity index is 1160. The van der Waals surface area contributed by atoms with Gasteiger partial charge in [0.2, 0.25) is 0 Å². The number of fused-ring (bicyclic) bond motifs is 2. The number of hydrogen-bond donors (Lipinski definition) is 1. The molecule has 1 aliphatic heterocycles. The number of phenolic OH excluding ortho intramolecular Hbond substituents is 1. The van der Waals surface area contributed by atoms with Crippen molar-refractivity contribution >= 4 is 34.3 Å². The van der Waals surface area contributed by atoms with Gasteiger partial charge < -0.3 is 19.3 Å². The van der Waals surface area contributed by atoms with Gasteiger partial charge in [-0.2, -0.15) is 0 Å². The normalized spacial score (nSPS) is 18.1. The molecule has 2 aromatic rings. The van der Waals surface area contributed by atoms with Gasteiger partial charge in [-0.1, -0.05) is 24.3 Å². The van der Waals surface area contributed by atoms with Crippen LogP contribution in [0.25, 0.3) is 10.8 Å². The van der Waals surface area contributed by atoms with Crippen LogP contribution >= 0.6 is 0 Å². The van der Waals surface area contributed by atoms with Crippen LogP contribution in [-0.4, -0.2) is 47.9 Å². The van der Waals surface area contributed by atoms with Crippen molar-refractivity contribution in [3.8, 4) is 11.5 Å². The molecule has 2 aromatic carbocycles. The minimum Gasteiger partial charge on any atom is -0.506 e. The van der Waals surface area contributed by atoms with E-state index in [-0.39, 0.29) is 58.8 Å². The van der Waals surface area contributed by atoms with Gasteiger partial charge in [0, 0.05) is 35.3 Å². The molecule has 0 amide bonds. The number of carbonyl (C=O) groups is 4. The van der Waals surface area contributed by atoms with Gasteiger partial charge in [-0.3, -0.25) is 14.4 Å². The van der Waals surface area contributed by atoms with E-state index in [2.05, 4.69) is 0 Å². The summed E-state index contributed by atoms with van der Waals surface area (Å²) in [4.78, 5) is 50.4. The fourth-order valence-electron chi connectivity index (χ4n) is 3.84. The molecule has 0 spiro atoms. The Morgan fingerprint density at radius 2 is 1.77 bits per heavy atom. The molecule has 0 aromatic heterocycles. The van der Waals surface area contributed by atoms with Crippen molar-refractivity contribution in [2.45, 2.75) is 26.4 Å². The Hall–Kier alpha value is -3.52. The zero-order valence-electron chi connectivity index (χ0n) is 16.3. The molecule has 0 bridgehead atoms. The zero-order chi connectivity index (χ0) is 21.6. The lowest BCUT2D eigenvalue weighted by Crippen LogP contribution is -2.37. The minimum absolute atomic E-state index is 0.0763. The SMILES string of the molecule is CCOC(=O)C1CC2=C(CO1)C(=O)c1c(c(OC(C)=O)c3ccccc3c1O)C2=O. The fourth-order valence-corrected chi connectivity index (χ4v) is 3.84. The van der Waals surface area contributed by atoms with E-state index < -0.39 is 29.6 Å². The topological polar surface area (TPSA) is 116 Å². The first-order chi connectivity index (χ1) is 14.3. The standard InChI is InChI=1S/C22H18O8/c1-3-28-22(27)15-8-13-14(9-29-15)20(26)16-17(19(13)25)21(30-10(2)23)12-7-5-4-6-11(12)18(16)24/h4-7,15,24H,3,8-9H2,1-2H3. The molecule has 0 saturated carbocycles. The third-order valence-corrected chi connectivity index (χ3v) is 5.12. The van der Waals surface area contributed by atoms with E-state index in [1.165, 1.54) is 6.92 Å². The van der Waals surface area contributed by atoms with E-state index in [0.29, 0.717) is 5.39 Å². The molecule has 1 heterocycles. The maximum atomic E-state index is 13.4. The molecule has 154 valence electrons. The summed E-state index contributed by atoms with van der Waals surface area (Å²) in [5.41, 5.74) is -0.242. The van der Waals surface area contributed by atoms with Crippen LogP contribution in [0.15, 0.2) is 35.4 Å². The second-order valence-corrected chi connectivity index (χ2v) is 6.94. The van der Waals surface area contributed by atoms with Crippen LogP contribution in [-0.2, 0) is 19.1 Å². The van der Waals surface area contributed by atoms with Crippen LogP contribution in [0.2, 0.25) is 0 Å². The second-order valence-electron chi connectivity index (χ2n) is 6.94. The zero-order valence-corrected chi connectivity index (χ0v) is 16.3. The van der Waals surface area contributed by atoms with Gasteiger partial charge >= 0.3 is 11.9 Å². The van der Waals surface area contributed by atoms with Crippen LogP contribution in [0.1, 0.15) is 41.0 Å². The van der Waals surface area contributed by atoms with Crippen LogP contribution < -0.4 is 4.74 Å².